The van der Waals surface area contributed by atoms with E-state index < -0.39 is 0 Å². The topological polar surface area (TPSA) is 67.6 Å². The van der Waals surface area contributed by atoms with Crippen LogP contribution in [0, 0.1) is 0 Å². The fourth-order valence-corrected chi connectivity index (χ4v) is 2.97. The van der Waals surface area contributed by atoms with Gasteiger partial charge in [0.15, 0.2) is 5.58 Å². The van der Waals surface area contributed by atoms with Crippen molar-refractivity contribution in [2.24, 2.45) is 0 Å². The number of morpholine rings is 1. The minimum atomic E-state index is -0.147. The molecule has 0 spiro atoms. The molecule has 1 aromatic carbocycles. The van der Waals surface area contributed by atoms with Gasteiger partial charge in [0, 0.05) is 38.3 Å². The van der Waals surface area contributed by atoms with Gasteiger partial charge in [-0.1, -0.05) is 12.1 Å². The summed E-state index contributed by atoms with van der Waals surface area (Å²) in [6.07, 6.45) is 3.52. The molecule has 1 N–H and O–H groups in total. The van der Waals surface area contributed by atoms with Gasteiger partial charge in [-0.2, -0.15) is 0 Å². The Morgan fingerprint density at radius 3 is 2.83 bits per heavy atom. The molecule has 2 aromatic rings. The molecule has 6 heteroatoms. The number of hydrogen-bond acceptors (Lipinski definition) is 5. The number of oxazole rings is 1. The molecule has 0 bridgehead atoms. The molecule has 1 fully saturated rings. The van der Waals surface area contributed by atoms with Crippen LogP contribution in [-0.4, -0.2) is 54.2 Å². The van der Waals surface area contributed by atoms with Crippen LogP contribution in [-0.2, 0) is 9.53 Å². The highest BCUT2D eigenvalue weighted by Gasteiger charge is 2.21. The molecule has 6 nitrogen and oxygen atoms in total. The largest absolute Gasteiger partial charge is 0.437 e. The Balaban J connectivity index is 1.45. The highest BCUT2D eigenvalue weighted by atomic mass is 16.5. The van der Waals surface area contributed by atoms with Crippen molar-refractivity contribution in [3.05, 3.63) is 36.2 Å². The van der Waals surface area contributed by atoms with Gasteiger partial charge in [-0.15, -0.1) is 0 Å². The van der Waals surface area contributed by atoms with Crippen molar-refractivity contribution in [3.63, 3.8) is 0 Å². The quantitative estimate of drug-likeness (QED) is 0.851. The van der Waals surface area contributed by atoms with Gasteiger partial charge in [-0.05, 0) is 26.0 Å². The summed E-state index contributed by atoms with van der Waals surface area (Å²) in [5, 5.41) is 2.89. The molecule has 2 heterocycles. The summed E-state index contributed by atoms with van der Waals surface area (Å²) >= 11 is 0. The van der Waals surface area contributed by atoms with Crippen LogP contribution in [0.3, 0.4) is 0 Å². The second-order valence-electron chi connectivity index (χ2n) is 6.16. The van der Waals surface area contributed by atoms with E-state index in [1.54, 1.807) is 6.08 Å². The van der Waals surface area contributed by atoms with Crippen LogP contribution in [0.2, 0.25) is 0 Å². The lowest BCUT2D eigenvalue weighted by Gasteiger charge is -2.35. The fraction of sp³-hybridized carbons (Fsp3) is 0.444. The van der Waals surface area contributed by atoms with E-state index in [4.69, 9.17) is 9.15 Å². The molecular weight excluding hydrogens is 306 g/mol. The lowest BCUT2D eigenvalue weighted by molar-refractivity contribution is -0.116. The van der Waals surface area contributed by atoms with Gasteiger partial charge in [0.1, 0.15) is 5.52 Å². The van der Waals surface area contributed by atoms with Gasteiger partial charge in [0.05, 0.1) is 12.2 Å². The second-order valence-corrected chi connectivity index (χ2v) is 6.16. The van der Waals surface area contributed by atoms with Gasteiger partial charge in [0.2, 0.25) is 11.8 Å². The molecule has 1 amide bonds. The maximum Gasteiger partial charge on any atom is 0.244 e. The molecule has 24 heavy (non-hydrogen) atoms. The fourth-order valence-electron chi connectivity index (χ4n) is 2.97. The van der Waals surface area contributed by atoms with E-state index in [0.717, 1.165) is 25.2 Å². The first-order chi connectivity index (χ1) is 11.6. The average Bonchev–Trinajstić information content (AvgIpc) is 2.95. The van der Waals surface area contributed by atoms with Gasteiger partial charge < -0.3 is 14.5 Å². The number of fused-ring (bicyclic) bond motifs is 1. The van der Waals surface area contributed by atoms with E-state index in [1.165, 1.54) is 6.08 Å². The van der Waals surface area contributed by atoms with Crippen LogP contribution in [0.25, 0.3) is 17.2 Å². The summed E-state index contributed by atoms with van der Waals surface area (Å²) < 4.78 is 11.2. The molecule has 1 aromatic heterocycles. The predicted octanol–water partition coefficient (Wildman–Crippen LogP) is 2.07. The van der Waals surface area contributed by atoms with E-state index in [2.05, 4.69) is 29.0 Å². The van der Waals surface area contributed by atoms with Crippen LogP contribution < -0.4 is 5.32 Å². The summed E-state index contributed by atoms with van der Waals surface area (Å²) in [5.41, 5.74) is 1.50. The molecule has 1 aliphatic rings. The van der Waals surface area contributed by atoms with Crippen molar-refractivity contribution >= 4 is 23.1 Å². The van der Waals surface area contributed by atoms with Crippen LogP contribution >= 0.6 is 0 Å². The number of para-hydroxylation sites is 2. The Bertz CT molecular complexity index is 682. The Kier molecular flexibility index (Phi) is 5.27. The smallest absolute Gasteiger partial charge is 0.244 e. The van der Waals surface area contributed by atoms with Crippen LogP contribution in [0.5, 0.6) is 0 Å². The molecule has 2 atom stereocenters. The summed E-state index contributed by atoms with van der Waals surface area (Å²) in [6.45, 7) is 7.38. The first kappa shape index (κ1) is 16.7. The van der Waals surface area contributed by atoms with Crippen LogP contribution in [0.15, 0.2) is 34.8 Å². The Hall–Kier alpha value is -2.18. The number of benzene rings is 1. The van der Waals surface area contributed by atoms with Crippen molar-refractivity contribution in [2.75, 3.05) is 26.2 Å². The number of amides is 1. The zero-order valence-electron chi connectivity index (χ0n) is 14.1. The highest BCUT2D eigenvalue weighted by Crippen LogP contribution is 2.15. The van der Waals surface area contributed by atoms with Gasteiger partial charge in [-0.3, -0.25) is 9.69 Å². The molecule has 0 radical (unpaired) electrons. The Morgan fingerprint density at radius 2 is 2.08 bits per heavy atom. The first-order valence-electron chi connectivity index (χ1n) is 8.29. The number of nitrogens with zero attached hydrogens (tertiary/aromatic N) is 2. The number of aromatic nitrogens is 1. The van der Waals surface area contributed by atoms with Crippen molar-refractivity contribution in [1.82, 2.24) is 15.2 Å². The lowest BCUT2D eigenvalue weighted by Crippen LogP contribution is -2.47. The molecule has 1 saturated heterocycles. The monoisotopic (exact) mass is 329 g/mol. The lowest BCUT2D eigenvalue weighted by atomic mass is 10.2. The third-order valence-corrected chi connectivity index (χ3v) is 3.91. The summed E-state index contributed by atoms with van der Waals surface area (Å²) in [6, 6.07) is 7.52. The van der Waals surface area contributed by atoms with E-state index in [9.17, 15) is 4.79 Å². The van der Waals surface area contributed by atoms with E-state index in [-0.39, 0.29) is 18.1 Å². The second kappa shape index (κ2) is 7.59. The maximum atomic E-state index is 11.9. The minimum Gasteiger partial charge on any atom is -0.437 e. The van der Waals surface area contributed by atoms with Gasteiger partial charge in [-0.25, -0.2) is 4.98 Å². The van der Waals surface area contributed by atoms with Crippen molar-refractivity contribution < 1.29 is 13.9 Å². The maximum absolute atomic E-state index is 11.9. The highest BCUT2D eigenvalue weighted by molar-refractivity contribution is 5.91. The standard InChI is InChI=1S/C18H23N3O3/c1-13-11-21(12-14(2)23-13)10-9-19-17(22)7-8-18-20-15-5-3-4-6-16(15)24-18/h3-8,13-14H,9-12H2,1-2H3,(H,19,22)/b8-7-/t13-,14-/m1/s1. The predicted molar refractivity (Wildman–Crippen MR) is 92.5 cm³/mol. The molecule has 0 aliphatic carbocycles. The number of hydrogen-bond donors (Lipinski definition) is 1. The van der Waals surface area contributed by atoms with Crippen LogP contribution in [0.4, 0.5) is 0 Å². The Labute approximate surface area is 141 Å². The summed E-state index contributed by atoms with van der Waals surface area (Å²) in [5.74, 6) is 0.286. The third kappa shape index (κ3) is 4.43. The molecule has 128 valence electrons. The zero-order valence-corrected chi connectivity index (χ0v) is 14.1. The Morgan fingerprint density at radius 1 is 1.33 bits per heavy atom. The van der Waals surface area contributed by atoms with Crippen molar-refractivity contribution in [3.8, 4) is 0 Å². The molecule has 3 rings (SSSR count). The van der Waals surface area contributed by atoms with Crippen molar-refractivity contribution in [2.45, 2.75) is 26.1 Å². The number of carbonyl (C=O) groups excluding carboxylic acids is 1. The summed E-state index contributed by atoms with van der Waals surface area (Å²) in [7, 11) is 0. The van der Waals surface area contributed by atoms with Gasteiger partial charge in [0.25, 0.3) is 0 Å². The van der Waals surface area contributed by atoms with E-state index >= 15 is 0 Å². The SMILES string of the molecule is C[C@@H]1CN(CCNC(=O)/C=C\c2nc3ccccc3o2)C[C@@H](C)O1. The number of ether oxygens (including phenoxy) is 1. The number of nitrogens with one attached hydrogen (secondary N) is 1. The summed E-state index contributed by atoms with van der Waals surface area (Å²) in [4.78, 5) is 18.5. The van der Waals surface area contributed by atoms with Crippen LogP contribution in [0.1, 0.15) is 19.7 Å². The third-order valence-electron chi connectivity index (χ3n) is 3.91. The zero-order chi connectivity index (χ0) is 16.9. The number of rotatable bonds is 5. The molecular formula is C18H23N3O3. The van der Waals surface area contributed by atoms with Crippen molar-refractivity contribution in [1.29, 1.82) is 0 Å². The first-order valence-corrected chi connectivity index (χ1v) is 8.29. The molecule has 1 aliphatic heterocycles. The average molecular weight is 329 g/mol. The van der Waals surface area contributed by atoms with E-state index in [0.29, 0.717) is 18.0 Å². The van der Waals surface area contributed by atoms with Gasteiger partial charge >= 0.3 is 0 Å². The normalized spacial score (nSPS) is 22.2. The minimum absolute atomic E-state index is 0.147. The van der Waals surface area contributed by atoms with E-state index in [1.807, 2.05) is 24.3 Å². The molecule has 0 unspecified atom stereocenters. The molecule has 0 saturated carbocycles. The number of carbonyl (C=O) groups is 1.